The van der Waals surface area contributed by atoms with E-state index in [0.29, 0.717) is 18.0 Å². The van der Waals surface area contributed by atoms with Gasteiger partial charge in [0.1, 0.15) is 18.2 Å². The van der Waals surface area contributed by atoms with E-state index in [4.69, 9.17) is 4.74 Å². The Labute approximate surface area is 155 Å². The van der Waals surface area contributed by atoms with Crippen LogP contribution in [0.5, 0.6) is 5.75 Å². The van der Waals surface area contributed by atoms with Crippen molar-refractivity contribution in [2.45, 2.75) is 13.5 Å². The topological polar surface area (TPSA) is 51.2 Å². The number of carbonyl (C=O) groups excluding carboxylic acids is 1. The van der Waals surface area contributed by atoms with Gasteiger partial charge in [-0.2, -0.15) is 0 Å². The fourth-order valence-electron chi connectivity index (χ4n) is 2.28. The van der Waals surface area contributed by atoms with Crippen molar-refractivity contribution in [2.75, 3.05) is 5.32 Å². The van der Waals surface area contributed by atoms with Gasteiger partial charge in [-0.05, 0) is 64.8 Å². The number of anilines is 1. The first kappa shape index (κ1) is 17.2. The molecule has 1 N–H and O–H groups in total. The Kier molecular flexibility index (Phi) is 5.46. The van der Waals surface area contributed by atoms with E-state index in [-0.39, 0.29) is 5.91 Å². The summed E-state index contributed by atoms with van der Waals surface area (Å²) < 4.78 is 6.69. The molecular formula is C20H17BrN2O2. The summed E-state index contributed by atoms with van der Waals surface area (Å²) in [5.41, 5.74) is 2.42. The van der Waals surface area contributed by atoms with Crippen molar-refractivity contribution < 1.29 is 9.53 Å². The van der Waals surface area contributed by atoms with Crippen LogP contribution in [0.1, 0.15) is 21.6 Å². The Balaban J connectivity index is 1.61. The molecule has 1 amide bonds. The van der Waals surface area contributed by atoms with E-state index in [1.54, 1.807) is 18.2 Å². The quantitative estimate of drug-likeness (QED) is 0.661. The molecule has 3 rings (SSSR count). The highest BCUT2D eigenvalue weighted by Gasteiger charge is 2.07. The lowest BCUT2D eigenvalue weighted by Gasteiger charge is -2.09. The number of para-hydroxylation sites is 1. The first-order valence-electron chi connectivity index (χ1n) is 7.83. The highest BCUT2D eigenvalue weighted by molar-refractivity contribution is 9.10. The molecule has 126 valence electrons. The summed E-state index contributed by atoms with van der Waals surface area (Å²) in [4.78, 5) is 16.5. The van der Waals surface area contributed by atoms with Gasteiger partial charge in [-0.25, -0.2) is 4.98 Å². The molecule has 0 aliphatic rings. The molecular weight excluding hydrogens is 380 g/mol. The van der Waals surface area contributed by atoms with Crippen LogP contribution in [0.4, 0.5) is 5.82 Å². The monoisotopic (exact) mass is 396 g/mol. The van der Waals surface area contributed by atoms with Crippen molar-refractivity contribution in [1.82, 2.24) is 4.98 Å². The minimum Gasteiger partial charge on any atom is -0.488 e. The summed E-state index contributed by atoms with van der Waals surface area (Å²) in [5, 5.41) is 2.80. The maximum Gasteiger partial charge on any atom is 0.256 e. The number of hydrogen-bond acceptors (Lipinski definition) is 3. The van der Waals surface area contributed by atoms with Gasteiger partial charge in [0.2, 0.25) is 0 Å². The van der Waals surface area contributed by atoms with E-state index in [9.17, 15) is 4.79 Å². The summed E-state index contributed by atoms with van der Waals surface area (Å²) in [6, 6.07) is 20.5. The minimum absolute atomic E-state index is 0.184. The standard InChI is InChI=1S/C20H17BrN2O2/c1-14-5-4-8-19(22-14)23-20(24)16-11-9-15(10-12-16)13-25-18-7-3-2-6-17(18)21/h2-12H,13H2,1H3,(H,22,23,24). The number of nitrogens with one attached hydrogen (secondary N) is 1. The summed E-state index contributed by atoms with van der Waals surface area (Å²) in [6.45, 7) is 2.32. The number of hydrogen-bond donors (Lipinski definition) is 1. The second-order valence-corrected chi connectivity index (χ2v) is 6.39. The van der Waals surface area contributed by atoms with Gasteiger partial charge in [0, 0.05) is 11.3 Å². The molecule has 0 unspecified atom stereocenters. The first-order chi connectivity index (χ1) is 12.1. The lowest BCUT2D eigenvalue weighted by Crippen LogP contribution is -2.13. The van der Waals surface area contributed by atoms with Crippen LogP contribution in [0.25, 0.3) is 0 Å². The molecule has 0 aliphatic carbocycles. The summed E-state index contributed by atoms with van der Waals surface area (Å²) >= 11 is 3.45. The zero-order valence-corrected chi connectivity index (χ0v) is 15.3. The van der Waals surface area contributed by atoms with Crippen molar-refractivity contribution in [3.05, 3.63) is 88.0 Å². The molecule has 3 aromatic rings. The third-order valence-corrected chi connectivity index (χ3v) is 4.23. The highest BCUT2D eigenvalue weighted by Crippen LogP contribution is 2.24. The third-order valence-electron chi connectivity index (χ3n) is 3.58. The van der Waals surface area contributed by atoms with Crippen molar-refractivity contribution in [2.24, 2.45) is 0 Å². The Morgan fingerprint density at radius 1 is 1.04 bits per heavy atom. The Bertz CT molecular complexity index is 879. The molecule has 0 saturated carbocycles. The predicted molar refractivity (Wildman–Crippen MR) is 102 cm³/mol. The molecule has 25 heavy (non-hydrogen) atoms. The molecule has 1 heterocycles. The molecule has 0 bridgehead atoms. The van der Waals surface area contributed by atoms with E-state index in [1.165, 1.54) is 0 Å². The van der Waals surface area contributed by atoms with Crippen LogP contribution >= 0.6 is 15.9 Å². The van der Waals surface area contributed by atoms with Gasteiger partial charge in [-0.15, -0.1) is 0 Å². The van der Waals surface area contributed by atoms with Crippen LogP contribution in [-0.2, 0) is 6.61 Å². The lowest BCUT2D eigenvalue weighted by molar-refractivity contribution is 0.102. The number of nitrogens with zero attached hydrogens (tertiary/aromatic N) is 1. The normalized spacial score (nSPS) is 10.3. The summed E-state index contributed by atoms with van der Waals surface area (Å²) in [5.74, 6) is 1.15. The molecule has 4 nitrogen and oxygen atoms in total. The molecule has 0 fully saturated rings. The van der Waals surface area contributed by atoms with Gasteiger partial charge in [-0.3, -0.25) is 4.79 Å². The molecule has 2 aromatic carbocycles. The van der Waals surface area contributed by atoms with Crippen LogP contribution in [0.2, 0.25) is 0 Å². The minimum atomic E-state index is -0.184. The van der Waals surface area contributed by atoms with Crippen LogP contribution in [0, 0.1) is 6.92 Å². The molecule has 0 aliphatic heterocycles. The van der Waals surface area contributed by atoms with E-state index in [1.807, 2.05) is 55.5 Å². The van der Waals surface area contributed by atoms with Crippen molar-refractivity contribution in [1.29, 1.82) is 0 Å². The van der Waals surface area contributed by atoms with Gasteiger partial charge in [0.05, 0.1) is 4.47 Å². The van der Waals surface area contributed by atoms with E-state index < -0.39 is 0 Å². The molecule has 0 radical (unpaired) electrons. The number of pyridine rings is 1. The van der Waals surface area contributed by atoms with Crippen LogP contribution in [-0.4, -0.2) is 10.9 Å². The van der Waals surface area contributed by atoms with E-state index in [0.717, 1.165) is 21.5 Å². The predicted octanol–water partition coefficient (Wildman–Crippen LogP) is 4.98. The molecule has 5 heteroatoms. The van der Waals surface area contributed by atoms with Crippen molar-refractivity contribution in [3.63, 3.8) is 0 Å². The van der Waals surface area contributed by atoms with Gasteiger partial charge >= 0.3 is 0 Å². The Hall–Kier alpha value is -2.66. The number of aryl methyl sites for hydroxylation is 1. The van der Waals surface area contributed by atoms with E-state index in [2.05, 4.69) is 26.2 Å². The van der Waals surface area contributed by atoms with E-state index >= 15 is 0 Å². The summed E-state index contributed by atoms with van der Waals surface area (Å²) in [6.07, 6.45) is 0. The number of benzene rings is 2. The maximum absolute atomic E-state index is 12.3. The van der Waals surface area contributed by atoms with Gasteiger partial charge in [0.15, 0.2) is 0 Å². The second-order valence-electron chi connectivity index (χ2n) is 5.53. The average Bonchev–Trinajstić information content (AvgIpc) is 2.61. The SMILES string of the molecule is Cc1cccc(NC(=O)c2ccc(COc3ccccc3Br)cc2)n1. The number of amides is 1. The van der Waals surface area contributed by atoms with Crippen LogP contribution < -0.4 is 10.1 Å². The fraction of sp³-hybridized carbons (Fsp3) is 0.100. The maximum atomic E-state index is 12.3. The largest absolute Gasteiger partial charge is 0.488 e. The molecule has 0 spiro atoms. The number of ether oxygens (including phenoxy) is 1. The smallest absolute Gasteiger partial charge is 0.256 e. The summed E-state index contributed by atoms with van der Waals surface area (Å²) in [7, 11) is 0. The van der Waals surface area contributed by atoms with Crippen molar-refractivity contribution >= 4 is 27.7 Å². The van der Waals surface area contributed by atoms with Gasteiger partial charge in [0.25, 0.3) is 5.91 Å². The van der Waals surface area contributed by atoms with Gasteiger partial charge in [-0.1, -0.05) is 30.3 Å². The number of halogens is 1. The molecule has 1 aromatic heterocycles. The molecule has 0 atom stereocenters. The highest BCUT2D eigenvalue weighted by atomic mass is 79.9. The zero-order chi connectivity index (χ0) is 17.6. The van der Waals surface area contributed by atoms with Crippen molar-refractivity contribution in [3.8, 4) is 5.75 Å². The number of rotatable bonds is 5. The molecule has 0 saturated heterocycles. The number of carbonyl (C=O) groups is 1. The fourth-order valence-corrected chi connectivity index (χ4v) is 2.68. The zero-order valence-electron chi connectivity index (χ0n) is 13.7. The lowest BCUT2D eigenvalue weighted by atomic mass is 10.1. The number of aromatic nitrogens is 1. The second kappa shape index (κ2) is 7.94. The van der Waals surface area contributed by atoms with Crippen LogP contribution in [0.15, 0.2) is 71.2 Å². The Morgan fingerprint density at radius 2 is 1.80 bits per heavy atom. The van der Waals surface area contributed by atoms with Gasteiger partial charge < -0.3 is 10.1 Å². The average molecular weight is 397 g/mol. The third kappa shape index (κ3) is 4.67. The Morgan fingerprint density at radius 3 is 2.52 bits per heavy atom. The van der Waals surface area contributed by atoms with Crippen LogP contribution in [0.3, 0.4) is 0 Å². The first-order valence-corrected chi connectivity index (χ1v) is 8.62.